The van der Waals surface area contributed by atoms with Crippen molar-refractivity contribution >= 4 is 0 Å². The van der Waals surface area contributed by atoms with E-state index in [1.54, 1.807) is 0 Å². The molecule has 0 aromatic carbocycles. The normalized spacial score (nSPS) is 12.1. The Bertz CT molecular complexity index is 157. The summed E-state index contributed by atoms with van der Waals surface area (Å²) in [6.07, 6.45) is 10.8. The van der Waals surface area contributed by atoms with Crippen LogP contribution in [0.3, 0.4) is 0 Å². The Labute approximate surface area is 88.5 Å². The molecule has 0 saturated heterocycles. The molecule has 0 aliphatic heterocycles. The molecule has 1 atom stereocenters. The first-order valence-corrected chi connectivity index (χ1v) is 5.82. The highest BCUT2D eigenvalue weighted by Gasteiger charge is 2.01. The molecule has 1 N–H and O–H groups in total. The van der Waals surface area contributed by atoms with Crippen LogP contribution in [0.4, 0.5) is 0 Å². The summed E-state index contributed by atoms with van der Waals surface area (Å²) in [6.45, 7) is 5.99. The highest BCUT2D eigenvalue weighted by atomic mass is 16.3. The molecule has 0 saturated carbocycles. The first kappa shape index (κ1) is 13.5. The second kappa shape index (κ2) is 10.6. The van der Waals surface area contributed by atoms with Crippen LogP contribution in [0, 0.1) is 5.92 Å². The van der Waals surface area contributed by atoms with Gasteiger partial charge in [-0.05, 0) is 12.5 Å². The van der Waals surface area contributed by atoms with E-state index in [0.29, 0.717) is 0 Å². The SMILES string of the molecule is C=C=CC(CO)CCCCCCCC. The Balaban J connectivity index is 3.28. The van der Waals surface area contributed by atoms with Crippen LogP contribution in [0.1, 0.15) is 51.9 Å². The van der Waals surface area contributed by atoms with Crippen molar-refractivity contribution in [3.05, 3.63) is 18.4 Å². The molecule has 0 radical (unpaired) electrons. The predicted molar refractivity (Wildman–Crippen MR) is 62.3 cm³/mol. The smallest absolute Gasteiger partial charge is 0.0499 e. The van der Waals surface area contributed by atoms with Gasteiger partial charge in [-0.1, -0.05) is 52.0 Å². The van der Waals surface area contributed by atoms with Crippen molar-refractivity contribution in [2.75, 3.05) is 6.61 Å². The summed E-state index contributed by atoms with van der Waals surface area (Å²) in [6, 6.07) is 0. The Morgan fingerprint density at radius 3 is 2.43 bits per heavy atom. The monoisotopic (exact) mass is 196 g/mol. The lowest BCUT2D eigenvalue weighted by Gasteiger charge is -2.07. The van der Waals surface area contributed by atoms with Gasteiger partial charge in [0, 0.05) is 12.5 Å². The molecule has 0 aliphatic carbocycles. The van der Waals surface area contributed by atoms with Crippen molar-refractivity contribution < 1.29 is 5.11 Å². The van der Waals surface area contributed by atoms with Gasteiger partial charge < -0.3 is 5.11 Å². The zero-order valence-corrected chi connectivity index (χ0v) is 9.47. The first-order chi connectivity index (χ1) is 6.85. The summed E-state index contributed by atoms with van der Waals surface area (Å²) in [5.41, 5.74) is 2.74. The van der Waals surface area contributed by atoms with Crippen molar-refractivity contribution in [1.82, 2.24) is 0 Å². The summed E-state index contributed by atoms with van der Waals surface area (Å²) in [4.78, 5) is 0. The fraction of sp³-hybridized carbons (Fsp3) is 0.769. The molecule has 0 heterocycles. The zero-order valence-electron chi connectivity index (χ0n) is 9.47. The zero-order chi connectivity index (χ0) is 10.6. The quantitative estimate of drug-likeness (QED) is 0.440. The van der Waals surface area contributed by atoms with Crippen LogP contribution in [-0.4, -0.2) is 11.7 Å². The van der Waals surface area contributed by atoms with Gasteiger partial charge >= 0.3 is 0 Å². The first-order valence-electron chi connectivity index (χ1n) is 5.82. The molecule has 0 aromatic rings. The summed E-state index contributed by atoms with van der Waals surface area (Å²) in [7, 11) is 0. The van der Waals surface area contributed by atoms with Crippen LogP contribution in [-0.2, 0) is 0 Å². The summed E-state index contributed by atoms with van der Waals surface area (Å²) in [5.74, 6) is 0.277. The maximum absolute atomic E-state index is 9.00. The van der Waals surface area contributed by atoms with Crippen LogP contribution >= 0.6 is 0 Å². The summed E-state index contributed by atoms with van der Waals surface area (Å²) in [5, 5.41) is 9.00. The lowest BCUT2D eigenvalue weighted by Crippen LogP contribution is -2.01. The highest BCUT2D eigenvalue weighted by Crippen LogP contribution is 2.12. The van der Waals surface area contributed by atoms with Gasteiger partial charge in [0.25, 0.3) is 0 Å². The van der Waals surface area contributed by atoms with Gasteiger partial charge in [-0.3, -0.25) is 0 Å². The molecule has 14 heavy (non-hydrogen) atoms. The van der Waals surface area contributed by atoms with Crippen LogP contribution in [0.5, 0.6) is 0 Å². The van der Waals surface area contributed by atoms with E-state index in [1.165, 1.54) is 38.5 Å². The average molecular weight is 196 g/mol. The minimum atomic E-state index is 0.234. The molecule has 0 rings (SSSR count). The van der Waals surface area contributed by atoms with E-state index < -0.39 is 0 Å². The van der Waals surface area contributed by atoms with Crippen LogP contribution < -0.4 is 0 Å². The van der Waals surface area contributed by atoms with Crippen LogP contribution in [0.15, 0.2) is 18.4 Å². The molecule has 0 bridgehead atoms. The van der Waals surface area contributed by atoms with E-state index in [9.17, 15) is 0 Å². The minimum Gasteiger partial charge on any atom is -0.396 e. The summed E-state index contributed by atoms with van der Waals surface area (Å²) >= 11 is 0. The molecule has 1 heteroatoms. The van der Waals surface area contributed by atoms with E-state index in [4.69, 9.17) is 5.11 Å². The Morgan fingerprint density at radius 2 is 1.86 bits per heavy atom. The van der Waals surface area contributed by atoms with E-state index in [2.05, 4.69) is 19.2 Å². The molecule has 0 aromatic heterocycles. The third kappa shape index (κ3) is 8.10. The summed E-state index contributed by atoms with van der Waals surface area (Å²) < 4.78 is 0. The Kier molecular flexibility index (Phi) is 10.2. The van der Waals surface area contributed by atoms with Gasteiger partial charge in [-0.25, -0.2) is 0 Å². The molecule has 0 aliphatic rings. The lowest BCUT2D eigenvalue weighted by atomic mass is 10.0. The van der Waals surface area contributed by atoms with E-state index in [1.807, 2.05) is 6.08 Å². The molecular formula is C13H24O. The van der Waals surface area contributed by atoms with Crippen molar-refractivity contribution in [3.63, 3.8) is 0 Å². The van der Waals surface area contributed by atoms with Gasteiger partial charge in [0.2, 0.25) is 0 Å². The van der Waals surface area contributed by atoms with Gasteiger partial charge in [0.05, 0.1) is 0 Å². The van der Waals surface area contributed by atoms with E-state index in [0.717, 1.165) is 6.42 Å². The number of hydrogen-bond donors (Lipinski definition) is 1. The third-order valence-corrected chi connectivity index (χ3v) is 2.52. The molecular weight excluding hydrogens is 172 g/mol. The maximum Gasteiger partial charge on any atom is 0.0499 e. The fourth-order valence-corrected chi connectivity index (χ4v) is 1.58. The number of rotatable bonds is 9. The van der Waals surface area contributed by atoms with Gasteiger partial charge in [0.1, 0.15) is 0 Å². The standard InChI is InChI=1S/C13H24O/c1-3-5-6-7-8-9-11-13(12-14)10-4-2/h10,13-14H,2-3,5-9,11-12H2,1H3. The second-order valence-electron chi connectivity index (χ2n) is 3.87. The number of unbranched alkanes of at least 4 members (excludes halogenated alkanes) is 5. The van der Waals surface area contributed by atoms with E-state index in [-0.39, 0.29) is 12.5 Å². The van der Waals surface area contributed by atoms with Crippen LogP contribution in [0.2, 0.25) is 0 Å². The average Bonchev–Trinajstić information content (AvgIpc) is 2.21. The molecule has 0 spiro atoms. The van der Waals surface area contributed by atoms with Gasteiger partial charge in [-0.2, -0.15) is 0 Å². The minimum absolute atomic E-state index is 0.234. The van der Waals surface area contributed by atoms with Crippen LogP contribution in [0.25, 0.3) is 0 Å². The molecule has 0 fully saturated rings. The van der Waals surface area contributed by atoms with Gasteiger partial charge in [-0.15, -0.1) is 5.73 Å². The molecule has 82 valence electrons. The number of aliphatic hydroxyl groups excluding tert-OH is 1. The number of aliphatic hydroxyl groups is 1. The fourth-order valence-electron chi connectivity index (χ4n) is 1.58. The predicted octanol–water partition coefficient (Wildman–Crippen LogP) is 3.69. The maximum atomic E-state index is 9.00. The van der Waals surface area contributed by atoms with Crippen molar-refractivity contribution in [3.8, 4) is 0 Å². The van der Waals surface area contributed by atoms with Crippen molar-refractivity contribution in [2.45, 2.75) is 51.9 Å². The number of hydrogen-bond acceptors (Lipinski definition) is 1. The molecule has 0 amide bonds. The van der Waals surface area contributed by atoms with E-state index >= 15 is 0 Å². The topological polar surface area (TPSA) is 20.2 Å². The van der Waals surface area contributed by atoms with Gasteiger partial charge in [0.15, 0.2) is 0 Å². The van der Waals surface area contributed by atoms with Crippen molar-refractivity contribution in [1.29, 1.82) is 0 Å². The molecule has 1 nitrogen and oxygen atoms in total. The lowest BCUT2D eigenvalue weighted by molar-refractivity contribution is 0.243. The molecule has 1 unspecified atom stereocenters. The Morgan fingerprint density at radius 1 is 1.21 bits per heavy atom. The van der Waals surface area contributed by atoms with Crippen molar-refractivity contribution in [2.24, 2.45) is 5.92 Å². The highest BCUT2D eigenvalue weighted by molar-refractivity contribution is 4.83. The second-order valence-corrected chi connectivity index (χ2v) is 3.87. The Hall–Kier alpha value is -0.520. The third-order valence-electron chi connectivity index (χ3n) is 2.52. The largest absolute Gasteiger partial charge is 0.396 e.